The molecule has 0 bridgehead atoms. The normalized spacial score (nSPS) is 18.4. The summed E-state index contributed by atoms with van der Waals surface area (Å²) < 4.78 is 6.22. The van der Waals surface area contributed by atoms with Crippen molar-refractivity contribution in [1.29, 1.82) is 5.41 Å². The van der Waals surface area contributed by atoms with Crippen molar-refractivity contribution in [2.24, 2.45) is 5.92 Å². The molecule has 2 aliphatic rings. The maximum Gasteiger partial charge on any atom is 0.209 e. The van der Waals surface area contributed by atoms with Gasteiger partial charge in [0.1, 0.15) is 11.9 Å². The van der Waals surface area contributed by atoms with Crippen LogP contribution in [0.25, 0.3) is 5.70 Å². The first-order valence-electron chi connectivity index (χ1n) is 13.9. The molecule has 0 spiro atoms. The predicted molar refractivity (Wildman–Crippen MR) is 160 cm³/mol. The molecule has 39 heavy (non-hydrogen) atoms. The SMILES string of the molecule is C=C(NC(c1ccsc1)C1CCC1)c1ccc(N)c(C(=N)c2ccc(OC(CC)CC3CCN3C=O)cc2)c1. The van der Waals surface area contributed by atoms with Crippen LogP contribution in [0.2, 0.25) is 0 Å². The summed E-state index contributed by atoms with van der Waals surface area (Å²) in [6.07, 6.45) is 7.47. The van der Waals surface area contributed by atoms with E-state index in [2.05, 4.69) is 35.6 Å². The second-order valence-corrected chi connectivity index (χ2v) is 11.5. The molecule has 1 aliphatic carbocycles. The summed E-state index contributed by atoms with van der Waals surface area (Å²) in [7, 11) is 0. The van der Waals surface area contributed by atoms with E-state index in [-0.39, 0.29) is 18.2 Å². The van der Waals surface area contributed by atoms with Crippen LogP contribution in [-0.2, 0) is 4.79 Å². The third kappa shape index (κ3) is 6.04. The number of likely N-dealkylation sites (tertiary alicyclic amines) is 1. The average molecular weight is 543 g/mol. The zero-order valence-electron chi connectivity index (χ0n) is 22.6. The van der Waals surface area contributed by atoms with Crippen molar-refractivity contribution in [3.8, 4) is 5.75 Å². The molecule has 2 fully saturated rings. The molecule has 1 aliphatic heterocycles. The van der Waals surface area contributed by atoms with Gasteiger partial charge in [0.05, 0.1) is 11.8 Å². The van der Waals surface area contributed by atoms with Gasteiger partial charge in [-0.05, 0) is 96.0 Å². The number of nitrogen functional groups attached to an aromatic ring is 1. The highest BCUT2D eigenvalue weighted by Crippen LogP contribution is 2.39. The molecule has 3 unspecified atom stereocenters. The van der Waals surface area contributed by atoms with Crippen LogP contribution >= 0.6 is 11.3 Å². The number of ether oxygens (including phenoxy) is 1. The van der Waals surface area contributed by atoms with Crippen LogP contribution in [0.4, 0.5) is 5.69 Å². The Bertz CT molecular complexity index is 1300. The number of carbonyl (C=O) groups is 1. The van der Waals surface area contributed by atoms with Gasteiger partial charge in [-0.25, -0.2) is 0 Å². The number of nitrogens with one attached hydrogen (secondary N) is 2. The predicted octanol–water partition coefficient (Wildman–Crippen LogP) is 6.63. The van der Waals surface area contributed by atoms with Crippen molar-refractivity contribution in [2.75, 3.05) is 12.3 Å². The van der Waals surface area contributed by atoms with Crippen LogP contribution in [0.15, 0.2) is 65.9 Å². The summed E-state index contributed by atoms with van der Waals surface area (Å²) in [6.45, 7) is 7.29. The number of hydrogen-bond donors (Lipinski definition) is 3. The van der Waals surface area contributed by atoms with Crippen molar-refractivity contribution in [1.82, 2.24) is 10.2 Å². The molecular formula is C32H38N4O2S. The minimum absolute atomic E-state index is 0.0479. The fourth-order valence-electron chi connectivity index (χ4n) is 5.43. The summed E-state index contributed by atoms with van der Waals surface area (Å²) >= 11 is 1.72. The molecule has 3 atom stereocenters. The van der Waals surface area contributed by atoms with Gasteiger partial charge in [-0.2, -0.15) is 11.3 Å². The van der Waals surface area contributed by atoms with Crippen LogP contribution in [0.3, 0.4) is 0 Å². The lowest BCUT2D eigenvalue weighted by atomic mass is 9.77. The van der Waals surface area contributed by atoms with Crippen LogP contribution in [0.5, 0.6) is 5.75 Å². The second-order valence-electron chi connectivity index (χ2n) is 10.7. The van der Waals surface area contributed by atoms with E-state index >= 15 is 0 Å². The van der Waals surface area contributed by atoms with E-state index in [1.54, 1.807) is 11.3 Å². The molecule has 1 aromatic heterocycles. The van der Waals surface area contributed by atoms with Crippen LogP contribution in [0, 0.1) is 11.3 Å². The van der Waals surface area contributed by atoms with Gasteiger partial charge in [0.2, 0.25) is 6.41 Å². The van der Waals surface area contributed by atoms with Gasteiger partial charge in [0.15, 0.2) is 0 Å². The monoisotopic (exact) mass is 542 g/mol. The zero-order valence-corrected chi connectivity index (χ0v) is 23.4. The number of benzene rings is 2. The van der Waals surface area contributed by atoms with Crippen molar-refractivity contribution < 1.29 is 9.53 Å². The Morgan fingerprint density at radius 1 is 1.21 bits per heavy atom. The fraction of sp³-hybridized carbons (Fsp3) is 0.375. The molecule has 1 amide bonds. The topological polar surface area (TPSA) is 91.4 Å². The van der Waals surface area contributed by atoms with Crippen LogP contribution in [0.1, 0.15) is 73.7 Å². The number of carbonyl (C=O) groups excluding carboxylic acids is 1. The maximum atomic E-state index is 11.1. The van der Waals surface area contributed by atoms with Crippen molar-refractivity contribution >= 4 is 34.8 Å². The minimum atomic E-state index is 0.0479. The first kappa shape index (κ1) is 27.0. The van der Waals surface area contributed by atoms with Crippen molar-refractivity contribution in [2.45, 2.75) is 63.6 Å². The average Bonchev–Trinajstić information content (AvgIpc) is 3.44. The number of nitrogens with two attached hydrogens (primary N) is 1. The lowest BCUT2D eigenvalue weighted by Crippen LogP contribution is -2.48. The summed E-state index contributed by atoms with van der Waals surface area (Å²) in [5.41, 5.74) is 11.8. The van der Waals surface area contributed by atoms with E-state index in [4.69, 9.17) is 15.9 Å². The first-order valence-corrected chi connectivity index (χ1v) is 14.9. The van der Waals surface area contributed by atoms with Gasteiger partial charge in [0, 0.05) is 41.5 Å². The molecule has 2 heterocycles. The molecule has 7 heteroatoms. The Kier molecular flexibility index (Phi) is 8.36. The highest BCUT2D eigenvalue weighted by Gasteiger charge is 2.30. The highest BCUT2D eigenvalue weighted by molar-refractivity contribution is 7.08. The van der Waals surface area contributed by atoms with E-state index in [9.17, 15) is 4.79 Å². The number of thiophene rings is 1. The molecule has 4 N–H and O–H groups in total. The quantitative estimate of drug-likeness (QED) is 0.128. The van der Waals surface area contributed by atoms with Crippen molar-refractivity contribution in [3.05, 3.63) is 88.1 Å². The highest BCUT2D eigenvalue weighted by atomic mass is 32.1. The Balaban J connectivity index is 1.26. The molecule has 2 aromatic carbocycles. The van der Waals surface area contributed by atoms with Gasteiger partial charge in [-0.3, -0.25) is 10.2 Å². The molecule has 1 saturated carbocycles. The van der Waals surface area contributed by atoms with E-state index < -0.39 is 0 Å². The molecule has 204 valence electrons. The Morgan fingerprint density at radius 3 is 2.56 bits per heavy atom. The molecule has 5 rings (SSSR count). The lowest BCUT2D eigenvalue weighted by molar-refractivity contribution is -0.125. The largest absolute Gasteiger partial charge is 0.490 e. The summed E-state index contributed by atoms with van der Waals surface area (Å²) in [5.74, 6) is 1.39. The molecular weight excluding hydrogens is 504 g/mol. The fourth-order valence-corrected chi connectivity index (χ4v) is 6.13. The van der Waals surface area contributed by atoms with Gasteiger partial charge < -0.3 is 20.7 Å². The van der Waals surface area contributed by atoms with Crippen LogP contribution in [-0.4, -0.2) is 35.7 Å². The second kappa shape index (κ2) is 12.1. The molecule has 1 saturated heterocycles. The number of amides is 1. The maximum absolute atomic E-state index is 11.1. The van der Waals surface area contributed by atoms with E-state index in [0.717, 1.165) is 54.8 Å². The van der Waals surface area contributed by atoms with Gasteiger partial charge in [0.25, 0.3) is 0 Å². The summed E-state index contributed by atoms with van der Waals surface area (Å²) in [6, 6.07) is 16.2. The first-order chi connectivity index (χ1) is 19.0. The summed E-state index contributed by atoms with van der Waals surface area (Å²) in [5, 5.41) is 17.0. The van der Waals surface area contributed by atoms with E-state index in [1.165, 1.54) is 24.8 Å². The Morgan fingerprint density at radius 2 is 1.97 bits per heavy atom. The van der Waals surface area contributed by atoms with E-state index in [0.29, 0.717) is 22.9 Å². The molecule has 0 radical (unpaired) electrons. The zero-order chi connectivity index (χ0) is 27.4. The number of hydrogen-bond acceptors (Lipinski definition) is 6. The lowest BCUT2D eigenvalue weighted by Gasteiger charge is -2.39. The third-order valence-corrected chi connectivity index (χ3v) is 8.99. The third-order valence-electron chi connectivity index (χ3n) is 8.29. The molecule has 6 nitrogen and oxygen atoms in total. The number of nitrogens with zero attached hydrogens (tertiary/aromatic N) is 1. The smallest absolute Gasteiger partial charge is 0.209 e. The van der Waals surface area contributed by atoms with Crippen molar-refractivity contribution in [3.63, 3.8) is 0 Å². The number of rotatable bonds is 13. The van der Waals surface area contributed by atoms with Gasteiger partial charge in [-0.1, -0.05) is 26.0 Å². The molecule has 3 aromatic rings. The number of anilines is 1. The van der Waals surface area contributed by atoms with Gasteiger partial charge in [-0.15, -0.1) is 0 Å². The Hall–Kier alpha value is -3.58. The van der Waals surface area contributed by atoms with E-state index in [1.807, 2.05) is 47.4 Å². The standard InChI is InChI=1S/C32H38N4O2S/c1-3-27(18-26-13-15-36(26)20-37)38-28-10-7-22(8-11-28)31(34)29-17-24(9-12-30(29)33)21(2)35-32(23-5-4-6-23)25-14-16-39-19-25/h7-12,14,16-17,19-20,23,26-27,32,34-35H,2-6,13,15,18,33H2,1H3. The summed E-state index contributed by atoms with van der Waals surface area (Å²) in [4.78, 5) is 13.0. The Labute approximate surface area is 235 Å². The minimum Gasteiger partial charge on any atom is -0.490 e. The van der Waals surface area contributed by atoms with Gasteiger partial charge >= 0.3 is 0 Å². The van der Waals surface area contributed by atoms with Crippen LogP contribution < -0.4 is 15.8 Å².